The Labute approximate surface area is 188 Å². The first-order valence-corrected chi connectivity index (χ1v) is 10.7. The molecule has 0 aliphatic carbocycles. The second kappa shape index (κ2) is 12.0. The molecule has 7 heteroatoms. The molecule has 2 heterocycles. The molecule has 1 aliphatic rings. The molecule has 0 unspecified atom stereocenters. The van der Waals surface area contributed by atoms with Crippen LogP contribution < -0.4 is 9.47 Å². The molecule has 1 fully saturated rings. The van der Waals surface area contributed by atoms with Crippen LogP contribution in [-0.4, -0.2) is 66.0 Å². The third-order valence-electron chi connectivity index (χ3n) is 5.65. The molecular weight excluding hydrogens is 408 g/mol. The summed E-state index contributed by atoms with van der Waals surface area (Å²) in [6.07, 6.45) is 3.39. The van der Waals surface area contributed by atoms with Crippen LogP contribution in [0.3, 0.4) is 0 Å². The standard InChI is InChI=1S/C24H28N2O3.CH2O2/c1-28-20-7-9-21(10-8-20)29-14-4-13-26-16-19(24(27)17-26)15-18-11-12-25-23-6-3-2-5-22(18)23;2-1-3/h2-3,5-12,19,24,27H,4,13-17H2,1H3;1H,(H,2,3)/t19-,24+;/m1./s1. The number of pyridine rings is 1. The van der Waals surface area contributed by atoms with E-state index in [9.17, 15) is 5.11 Å². The molecule has 2 atom stereocenters. The van der Waals surface area contributed by atoms with E-state index in [1.54, 1.807) is 7.11 Å². The van der Waals surface area contributed by atoms with Gasteiger partial charge in [0.1, 0.15) is 11.5 Å². The van der Waals surface area contributed by atoms with E-state index in [-0.39, 0.29) is 18.5 Å². The maximum absolute atomic E-state index is 10.6. The Morgan fingerprint density at radius 3 is 2.56 bits per heavy atom. The Kier molecular flexibility index (Phi) is 8.83. The van der Waals surface area contributed by atoms with Crippen molar-refractivity contribution in [2.24, 2.45) is 5.92 Å². The summed E-state index contributed by atoms with van der Waals surface area (Å²) < 4.78 is 11.0. The molecule has 0 spiro atoms. The van der Waals surface area contributed by atoms with E-state index in [0.29, 0.717) is 6.61 Å². The topological polar surface area (TPSA) is 92.1 Å². The smallest absolute Gasteiger partial charge is 0.290 e. The number of methoxy groups -OCH3 is 1. The van der Waals surface area contributed by atoms with Gasteiger partial charge in [0.05, 0.1) is 25.3 Å². The second-order valence-electron chi connectivity index (χ2n) is 7.76. The Hall–Kier alpha value is -3.16. The van der Waals surface area contributed by atoms with Gasteiger partial charge in [-0.1, -0.05) is 18.2 Å². The number of rotatable bonds is 8. The Morgan fingerprint density at radius 2 is 1.81 bits per heavy atom. The Morgan fingerprint density at radius 1 is 1.09 bits per heavy atom. The number of benzene rings is 2. The number of hydrogen-bond donors (Lipinski definition) is 2. The van der Waals surface area contributed by atoms with E-state index >= 15 is 0 Å². The number of hydrogen-bond acceptors (Lipinski definition) is 6. The molecule has 2 aromatic carbocycles. The third-order valence-corrected chi connectivity index (χ3v) is 5.65. The largest absolute Gasteiger partial charge is 0.497 e. The van der Waals surface area contributed by atoms with Gasteiger partial charge in [-0.15, -0.1) is 0 Å². The second-order valence-corrected chi connectivity index (χ2v) is 7.76. The van der Waals surface area contributed by atoms with Gasteiger partial charge in [-0.25, -0.2) is 0 Å². The van der Waals surface area contributed by atoms with Crippen LogP contribution in [0.5, 0.6) is 11.5 Å². The Bertz CT molecular complexity index is 974. The number of carbonyl (C=O) groups is 1. The number of carboxylic acid groups (broad SMARTS) is 1. The van der Waals surface area contributed by atoms with Gasteiger partial charge in [-0.3, -0.25) is 9.78 Å². The average Bonchev–Trinajstić information content (AvgIpc) is 3.17. The zero-order valence-corrected chi connectivity index (χ0v) is 18.3. The zero-order valence-electron chi connectivity index (χ0n) is 18.3. The van der Waals surface area contributed by atoms with Crippen LogP contribution in [0.4, 0.5) is 0 Å². The number of aliphatic hydroxyl groups excluding tert-OH is 1. The van der Waals surface area contributed by atoms with E-state index in [1.165, 1.54) is 10.9 Å². The molecule has 0 bridgehead atoms. The normalized spacial score (nSPS) is 18.1. The summed E-state index contributed by atoms with van der Waals surface area (Å²) >= 11 is 0. The minimum atomic E-state index is -0.288. The number of likely N-dealkylation sites (tertiary alicyclic amines) is 1. The fourth-order valence-electron chi connectivity index (χ4n) is 4.09. The van der Waals surface area contributed by atoms with Crippen LogP contribution in [-0.2, 0) is 11.2 Å². The molecule has 0 radical (unpaired) electrons. The molecule has 2 N–H and O–H groups in total. The lowest BCUT2D eigenvalue weighted by atomic mass is 9.94. The van der Waals surface area contributed by atoms with Crippen LogP contribution in [0.25, 0.3) is 10.9 Å². The molecule has 0 saturated carbocycles. The van der Waals surface area contributed by atoms with Gasteiger partial charge in [-0.05, 0) is 54.8 Å². The number of ether oxygens (including phenoxy) is 2. The first-order chi connectivity index (χ1) is 15.6. The van der Waals surface area contributed by atoms with E-state index in [2.05, 4.69) is 22.0 Å². The number of aromatic nitrogens is 1. The van der Waals surface area contributed by atoms with Gasteiger partial charge in [0.15, 0.2) is 0 Å². The maximum Gasteiger partial charge on any atom is 0.290 e. The van der Waals surface area contributed by atoms with Crippen LogP contribution >= 0.6 is 0 Å². The van der Waals surface area contributed by atoms with E-state index in [1.807, 2.05) is 48.7 Å². The summed E-state index contributed by atoms with van der Waals surface area (Å²) in [6, 6.07) is 18.0. The van der Waals surface area contributed by atoms with E-state index in [4.69, 9.17) is 19.4 Å². The van der Waals surface area contributed by atoms with Gasteiger partial charge in [0.2, 0.25) is 0 Å². The van der Waals surface area contributed by atoms with Crippen molar-refractivity contribution in [3.05, 3.63) is 66.4 Å². The highest BCUT2D eigenvalue weighted by Crippen LogP contribution is 2.25. The van der Waals surface area contributed by atoms with Crippen molar-refractivity contribution in [2.75, 3.05) is 33.4 Å². The van der Waals surface area contributed by atoms with Crippen molar-refractivity contribution in [2.45, 2.75) is 18.9 Å². The summed E-state index contributed by atoms with van der Waals surface area (Å²) in [4.78, 5) is 15.1. The zero-order chi connectivity index (χ0) is 22.8. The first kappa shape index (κ1) is 23.5. The SMILES string of the molecule is COc1ccc(OCCCN2C[C@@H](Cc3ccnc4ccccc34)[C@@H](O)C2)cc1.O=CO. The third kappa shape index (κ3) is 6.42. The lowest BCUT2D eigenvalue weighted by molar-refractivity contribution is -0.122. The predicted molar refractivity (Wildman–Crippen MR) is 123 cm³/mol. The van der Waals surface area contributed by atoms with Crippen LogP contribution in [0.1, 0.15) is 12.0 Å². The van der Waals surface area contributed by atoms with Crippen LogP contribution in [0.15, 0.2) is 60.8 Å². The fourth-order valence-corrected chi connectivity index (χ4v) is 4.09. The fraction of sp³-hybridized carbons (Fsp3) is 0.360. The molecule has 4 rings (SSSR count). The van der Waals surface area contributed by atoms with E-state index in [0.717, 1.165) is 49.5 Å². The van der Waals surface area contributed by atoms with Gasteiger partial charge < -0.3 is 24.6 Å². The number of fused-ring (bicyclic) bond motifs is 1. The molecule has 32 heavy (non-hydrogen) atoms. The van der Waals surface area contributed by atoms with Crippen molar-refractivity contribution in [1.29, 1.82) is 0 Å². The highest BCUT2D eigenvalue weighted by molar-refractivity contribution is 5.81. The predicted octanol–water partition coefficient (Wildman–Crippen LogP) is 3.25. The summed E-state index contributed by atoms with van der Waals surface area (Å²) in [5, 5.41) is 18.7. The highest BCUT2D eigenvalue weighted by atomic mass is 16.5. The lowest BCUT2D eigenvalue weighted by Gasteiger charge is -2.16. The van der Waals surface area contributed by atoms with Crippen molar-refractivity contribution < 1.29 is 24.5 Å². The van der Waals surface area contributed by atoms with Gasteiger partial charge in [0.25, 0.3) is 6.47 Å². The Balaban J connectivity index is 0.000000913. The lowest BCUT2D eigenvalue weighted by Crippen LogP contribution is -2.24. The summed E-state index contributed by atoms with van der Waals surface area (Å²) in [7, 11) is 1.66. The maximum atomic E-state index is 10.6. The number of β-amino-alcohol motifs (C(OH)–C–C–N with tert-alkyl or cyclic N) is 1. The van der Waals surface area contributed by atoms with E-state index < -0.39 is 0 Å². The van der Waals surface area contributed by atoms with Crippen molar-refractivity contribution in [3.63, 3.8) is 0 Å². The molecule has 1 saturated heterocycles. The number of nitrogens with zero attached hydrogens (tertiary/aromatic N) is 2. The molecule has 7 nitrogen and oxygen atoms in total. The number of aliphatic hydroxyl groups is 1. The summed E-state index contributed by atoms with van der Waals surface area (Å²) in [5.74, 6) is 1.94. The molecular formula is C25H30N2O5. The van der Waals surface area contributed by atoms with Crippen LogP contribution in [0.2, 0.25) is 0 Å². The monoisotopic (exact) mass is 438 g/mol. The highest BCUT2D eigenvalue weighted by Gasteiger charge is 2.31. The average molecular weight is 439 g/mol. The van der Waals surface area contributed by atoms with Crippen molar-refractivity contribution >= 4 is 17.4 Å². The minimum Gasteiger partial charge on any atom is -0.497 e. The van der Waals surface area contributed by atoms with Gasteiger partial charge in [-0.2, -0.15) is 0 Å². The quantitative estimate of drug-likeness (QED) is 0.412. The van der Waals surface area contributed by atoms with Crippen LogP contribution in [0, 0.1) is 5.92 Å². The minimum absolute atomic E-state index is 0.250. The summed E-state index contributed by atoms with van der Waals surface area (Å²) in [5.41, 5.74) is 2.29. The molecule has 3 aromatic rings. The van der Waals surface area contributed by atoms with Gasteiger partial charge >= 0.3 is 0 Å². The first-order valence-electron chi connectivity index (χ1n) is 10.7. The molecule has 0 amide bonds. The molecule has 1 aliphatic heterocycles. The van der Waals surface area contributed by atoms with Crippen molar-refractivity contribution in [1.82, 2.24) is 9.88 Å². The molecule has 170 valence electrons. The van der Waals surface area contributed by atoms with Crippen molar-refractivity contribution in [3.8, 4) is 11.5 Å². The number of para-hydroxylation sites is 1. The van der Waals surface area contributed by atoms with Gasteiger partial charge in [0, 0.05) is 37.1 Å². The summed E-state index contributed by atoms with van der Waals surface area (Å²) in [6.45, 7) is 3.00. The molecule has 1 aromatic heterocycles.